The Morgan fingerprint density at radius 2 is 2.08 bits per heavy atom. The van der Waals surface area contributed by atoms with E-state index in [-0.39, 0.29) is 0 Å². The second-order valence-corrected chi connectivity index (χ2v) is 6.48. The number of halogens is 1. The van der Waals surface area contributed by atoms with Gasteiger partial charge < -0.3 is 0 Å². The molecule has 3 rings (SSSR count). The predicted octanol–water partition coefficient (Wildman–Crippen LogP) is 3.90. The van der Waals surface area contributed by atoms with Gasteiger partial charge in [-0.2, -0.15) is 20.0 Å². The molecule has 0 unspecified atom stereocenters. The normalized spacial score (nSPS) is 11.5. The van der Waals surface area contributed by atoms with Crippen LogP contribution in [0.5, 0.6) is 0 Å². The molecule has 0 aliphatic rings. The van der Waals surface area contributed by atoms with Crippen molar-refractivity contribution >= 4 is 30.0 Å². The molecule has 6 nitrogen and oxygen atoms in total. The number of aromatic amines is 1. The average molecular weight is 375 g/mol. The first kappa shape index (κ1) is 17.6. The Kier molecular flexibility index (Phi) is 5.15. The van der Waals surface area contributed by atoms with Crippen LogP contribution in [0.4, 0.5) is 0 Å². The van der Waals surface area contributed by atoms with Crippen molar-refractivity contribution in [3.63, 3.8) is 0 Å². The number of rotatable bonds is 5. The van der Waals surface area contributed by atoms with Crippen molar-refractivity contribution in [3.05, 3.63) is 62.4 Å². The molecule has 0 saturated heterocycles. The molecule has 8 heteroatoms. The third-order valence-corrected chi connectivity index (χ3v) is 4.68. The maximum absolute atomic E-state index is 6.26. The maximum atomic E-state index is 6.26. The molecular formula is C17H19ClN6S. The number of benzene rings is 1. The van der Waals surface area contributed by atoms with E-state index in [0.29, 0.717) is 11.3 Å². The molecule has 0 amide bonds. The summed E-state index contributed by atoms with van der Waals surface area (Å²) in [6.45, 7) is 6.61. The molecule has 3 aromatic rings. The molecule has 2 heterocycles. The molecule has 130 valence electrons. The topological polar surface area (TPSA) is 63.8 Å². The number of hydrogen-bond donors (Lipinski definition) is 1. The van der Waals surface area contributed by atoms with Gasteiger partial charge in [-0.1, -0.05) is 36.7 Å². The molecule has 0 radical (unpaired) electrons. The highest BCUT2D eigenvalue weighted by molar-refractivity contribution is 7.71. The lowest BCUT2D eigenvalue weighted by Crippen LogP contribution is -2.05. The van der Waals surface area contributed by atoms with E-state index in [2.05, 4.69) is 20.4 Å². The highest BCUT2D eigenvalue weighted by Crippen LogP contribution is 2.18. The van der Waals surface area contributed by atoms with Crippen molar-refractivity contribution in [1.82, 2.24) is 24.7 Å². The molecule has 25 heavy (non-hydrogen) atoms. The first-order valence-electron chi connectivity index (χ1n) is 7.99. The van der Waals surface area contributed by atoms with Crippen molar-refractivity contribution < 1.29 is 0 Å². The summed E-state index contributed by atoms with van der Waals surface area (Å²) in [6.07, 6.45) is 2.53. The summed E-state index contributed by atoms with van der Waals surface area (Å²) in [5, 5.41) is 16.8. The molecule has 0 fully saturated rings. The van der Waals surface area contributed by atoms with Crippen molar-refractivity contribution in [3.8, 4) is 0 Å². The fourth-order valence-corrected chi connectivity index (χ4v) is 3.02. The Morgan fingerprint density at radius 1 is 1.32 bits per heavy atom. The highest BCUT2D eigenvalue weighted by Gasteiger charge is 2.12. The van der Waals surface area contributed by atoms with Gasteiger partial charge in [0.2, 0.25) is 4.77 Å². The molecule has 0 aliphatic heterocycles. The van der Waals surface area contributed by atoms with Gasteiger partial charge in [0.05, 0.1) is 18.5 Å². The van der Waals surface area contributed by atoms with Crippen molar-refractivity contribution in [2.24, 2.45) is 5.10 Å². The monoisotopic (exact) mass is 374 g/mol. The summed E-state index contributed by atoms with van der Waals surface area (Å²) in [5.41, 5.74) is 3.93. The zero-order valence-electron chi connectivity index (χ0n) is 14.3. The van der Waals surface area contributed by atoms with Crippen LogP contribution in [0.25, 0.3) is 0 Å². The Hall–Kier alpha value is -2.25. The second-order valence-electron chi connectivity index (χ2n) is 5.69. The lowest BCUT2D eigenvalue weighted by Gasteiger charge is -2.06. The van der Waals surface area contributed by atoms with E-state index in [9.17, 15) is 0 Å². The summed E-state index contributed by atoms with van der Waals surface area (Å²) in [7, 11) is 0. The van der Waals surface area contributed by atoms with Gasteiger partial charge in [-0.15, -0.1) is 0 Å². The number of aryl methyl sites for hydroxylation is 2. The number of aromatic nitrogens is 5. The van der Waals surface area contributed by atoms with E-state index in [0.717, 1.165) is 39.8 Å². The summed E-state index contributed by atoms with van der Waals surface area (Å²) in [4.78, 5) is 0. The zero-order valence-corrected chi connectivity index (χ0v) is 15.9. The quantitative estimate of drug-likeness (QED) is 0.544. The molecule has 1 aromatic carbocycles. The van der Waals surface area contributed by atoms with Crippen LogP contribution in [0.3, 0.4) is 0 Å². The fraction of sp³-hybridized carbons (Fsp3) is 0.294. The van der Waals surface area contributed by atoms with Gasteiger partial charge in [-0.25, -0.2) is 0 Å². The Morgan fingerprint density at radius 3 is 2.80 bits per heavy atom. The molecule has 0 spiro atoms. The Bertz CT molecular complexity index is 981. The first-order chi connectivity index (χ1) is 12.0. The maximum Gasteiger partial charge on any atom is 0.216 e. The SMILES string of the molecule is CCc1n[nH]c(=S)n1/N=C\c1c(C)nn(Cc2ccccc2Cl)c1C. The number of hydrogen-bond acceptors (Lipinski definition) is 4. The van der Waals surface area contributed by atoms with Crippen LogP contribution in [-0.2, 0) is 13.0 Å². The van der Waals surface area contributed by atoms with E-state index in [4.69, 9.17) is 23.8 Å². The van der Waals surface area contributed by atoms with Gasteiger partial charge in [0.15, 0.2) is 5.82 Å². The number of nitrogens with one attached hydrogen (secondary N) is 1. The van der Waals surface area contributed by atoms with Crippen LogP contribution in [-0.4, -0.2) is 30.9 Å². The molecular weight excluding hydrogens is 356 g/mol. The molecule has 1 N–H and O–H groups in total. The molecule has 0 aliphatic carbocycles. The van der Waals surface area contributed by atoms with Crippen LogP contribution in [0.1, 0.15) is 35.3 Å². The average Bonchev–Trinajstić information content (AvgIpc) is 3.08. The molecule has 2 aromatic heterocycles. The second kappa shape index (κ2) is 7.33. The first-order valence-corrected chi connectivity index (χ1v) is 8.78. The van der Waals surface area contributed by atoms with Gasteiger partial charge in [0.25, 0.3) is 0 Å². The van der Waals surface area contributed by atoms with Crippen LogP contribution in [0.15, 0.2) is 29.4 Å². The minimum Gasteiger partial charge on any atom is -0.264 e. The van der Waals surface area contributed by atoms with Crippen LogP contribution < -0.4 is 0 Å². The van der Waals surface area contributed by atoms with E-state index >= 15 is 0 Å². The van der Waals surface area contributed by atoms with Crippen LogP contribution >= 0.6 is 23.8 Å². The summed E-state index contributed by atoms with van der Waals surface area (Å²) in [5.74, 6) is 0.792. The van der Waals surface area contributed by atoms with Crippen LogP contribution in [0.2, 0.25) is 5.02 Å². The number of nitrogens with zero attached hydrogens (tertiary/aromatic N) is 5. The predicted molar refractivity (Wildman–Crippen MR) is 102 cm³/mol. The summed E-state index contributed by atoms with van der Waals surface area (Å²) < 4.78 is 4.05. The van der Waals surface area contributed by atoms with E-state index in [1.54, 1.807) is 10.9 Å². The van der Waals surface area contributed by atoms with E-state index in [1.165, 1.54) is 0 Å². The zero-order chi connectivity index (χ0) is 18.0. The Labute approximate surface area is 156 Å². The van der Waals surface area contributed by atoms with Crippen molar-refractivity contribution in [1.29, 1.82) is 0 Å². The third-order valence-electron chi connectivity index (χ3n) is 4.05. The lowest BCUT2D eigenvalue weighted by atomic mass is 10.2. The Balaban J connectivity index is 1.92. The summed E-state index contributed by atoms with van der Waals surface area (Å²) >= 11 is 11.5. The third kappa shape index (κ3) is 3.57. The lowest BCUT2D eigenvalue weighted by molar-refractivity contribution is 0.659. The highest BCUT2D eigenvalue weighted by atomic mass is 35.5. The standard InChI is InChI=1S/C17H19ClN6S/c1-4-16-20-21-17(25)24(16)19-9-14-11(2)22-23(12(14)3)10-13-7-5-6-8-15(13)18/h5-9H,4,10H2,1-3H3,(H,21,25)/b19-9-. The van der Waals surface area contributed by atoms with Crippen molar-refractivity contribution in [2.75, 3.05) is 0 Å². The van der Waals surface area contributed by atoms with Crippen LogP contribution in [0, 0.1) is 18.6 Å². The smallest absolute Gasteiger partial charge is 0.216 e. The molecule has 0 atom stereocenters. The summed E-state index contributed by atoms with van der Waals surface area (Å²) in [6, 6.07) is 7.79. The number of H-pyrrole nitrogens is 1. The van der Waals surface area contributed by atoms with Gasteiger partial charge in [-0.05, 0) is 37.7 Å². The largest absolute Gasteiger partial charge is 0.264 e. The van der Waals surface area contributed by atoms with Gasteiger partial charge in [-0.3, -0.25) is 9.78 Å². The van der Waals surface area contributed by atoms with Gasteiger partial charge in [0, 0.05) is 22.7 Å². The van der Waals surface area contributed by atoms with Gasteiger partial charge >= 0.3 is 0 Å². The fourth-order valence-electron chi connectivity index (χ4n) is 2.63. The van der Waals surface area contributed by atoms with E-state index < -0.39 is 0 Å². The minimum atomic E-state index is 0.479. The van der Waals surface area contributed by atoms with Gasteiger partial charge in [0.1, 0.15) is 0 Å². The van der Waals surface area contributed by atoms with E-state index in [1.807, 2.05) is 49.7 Å². The molecule has 0 saturated carbocycles. The molecule has 0 bridgehead atoms. The van der Waals surface area contributed by atoms with Crippen molar-refractivity contribution in [2.45, 2.75) is 33.7 Å². The minimum absolute atomic E-state index is 0.479.